The van der Waals surface area contributed by atoms with Gasteiger partial charge in [0, 0.05) is 4.92 Å². The van der Waals surface area contributed by atoms with Crippen LogP contribution in [-0.4, -0.2) is 17.1 Å². The number of benzene rings is 1. The minimum absolute atomic E-state index is 0.354. The number of hydrogen-bond acceptors (Lipinski definition) is 4. The Balaban J connectivity index is 2.92. The molecular formula is C13H19NO4. The molecule has 1 rings (SSSR count). The monoisotopic (exact) mass is 253 g/mol. The van der Waals surface area contributed by atoms with Crippen molar-refractivity contribution >= 4 is 0 Å². The first kappa shape index (κ1) is 14.6. The summed E-state index contributed by atoms with van der Waals surface area (Å²) >= 11 is 0. The minimum Gasteiger partial charge on any atom is -0.264 e. The van der Waals surface area contributed by atoms with Gasteiger partial charge in [-0.15, -0.1) is 0 Å². The van der Waals surface area contributed by atoms with Crippen molar-refractivity contribution in [3.63, 3.8) is 0 Å². The molecule has 0 aliphatic heterocycles. The Morgan fingerprint density at radius 2 is 1.67 bits per heavy atom. The van der Waals surface area contributed by atoms with Crippen molar-refractivity contribution in [1.82, 2.24) is 0 Å². The van der Waals surface area contributed by atoms with Crippen molar-refractivity contribution in [3.8, 4) is 0 Å². The molecule has 0 aliphatic carbocycles. The molecule has 1 unspecified atom stereocenters. The smallest absolute Gasteiger partial charge is 0.239 e. The summed E-state index contributed by atoms with van der Waals surface area (Å²) in [4.78, 5) is 21.0. The highest BCUT2D eigenvalue weighted by Crippen LogP contribution is 2.27. The van der Waals surface area contributed by atoms with Gasteiger partial charge in [-0.25, -0.2) is 9.78 Å². The molecule has 1 atom stereocenters. The van der Waals surface area contributed by atoms with Crippen molar-refractivity contribution < 1.29 is 14.7 Å². The molecule has 0 saturated carbocycles. The van der Waals surface area contributed by atoms with Gasteiger partial charge in [-0.1, -0.05) is 30.3 Å². The van der Waals surface area contributed by atoms with Crippen LogP contribution in [0.25, 0.3) is 0 Å². The van der Waals surface area contributed by atoms with Gasteiger partial charge in [-0.3, -0.25) is 10.1 Å². The van der Waals surface area contributed by atoms with Crippen molar-refractivity contribution in [2.75, 3.05) is 6.54 Å². The first-order chi connectivity index (χ1) is 8.23. The van der Waals surface area contributed by atoms with Crippen LogP contribution >= 0.6 is 0 Å². The van der Waals surface area contributed by atoms with Crippen LogP contribution in [0.15, 0.2) is 30.3 Å². The lowest BCUT2D eigenvalue weighted by atomic mass is 9.96. The summed E-state index contributed by atoms with van der Waals surface area (Å²) in [5.41, 5.74) is -0.907. The Hall–Kier alpha value is -1.46. The molecule has 18 heavy (non-hydrogen) atoms. The van der Waals surface area contributed by atoms with Gasteiger partial charge in [-0.2, -0.15) is 0 Å². The van der Waals surface area contributed by atoms with Gasteiger partial charge in [0.25, 0.3) is 0 Å². The zero-order valence-corrected chi connectivity index (χ0v) is 11.2. The molecule has 0 amide bonds. The second kappa shape index (κ2) is 5.46. The summed E-state index contributed by atoms with van der Waals surface area (Å²) in [6, 6.07) is 9.05. The van der Waals surface area contributed by atoms with E-state index < -0.39 is 16.1 Å². The number of hydrogen-bond donors (Lipinski definition) is 0. The molecule has 0 aliphatic rings. The van der Waals surface area contributed by atoms with Crippen LogP contribution in [0, 0.1) is 10.1 Å². The predicted molar refractivity (Wildman–Crippen MR) is 67.6 cm³/mol. The standard InChI is InChI=1S/C13H19NO4/c1-12(2,3)17-18-13(4,10-14(15)16)11-8-6-5-7-9-11/h5-9H,10H2,1-4H3. The van der Waals surface area contributed by atoms with E-state index in [4.69, 9.17) is 9.78 Å². The highest BCUT2D eigenvalue weighted by atomic mass is 17.2. The Kier molecular flexibility index (Phi) is 4.43. The van der Waals surface area contributed by atoms with E-state index in [0.29, 0.717) is 5.56 Å². The predicted octanol–water partition coefficient (Wildman–Crippen LogP) is 2.93. The van der Waals surface area contributed by atoms with E-state index in [-0.39, 0.29) is 6.54 Å². The van der Waals surface area contributed by atoms with E-state index in [9.17, 15) is 10.1 Å². The summed E-state index contributed by atoms with van der Waals surface area (Å²) in [5.74, 6) is 0. The van der Waals surface area contributed by atoms with Crippen LogP contribution in [0.2, 0.25) is 0 Å². The van der Waals surface area contributed by atoms with Crippen LogP contribution in [0.3, 0.4) is 0 Å². The zero-order chi connectivity index (χ0) is 13.8. The molecule has 1 aromatic carbocycles. The van der Waals surface area contributed by atoms with Crippen LogP contribution < -0.4 is 0 Å². The van der Waals surface area contributed by atoms with E-state index in [2.05, 4.69) is 0 Å². The maximum absolute atomic E-state index is 10.8. The SMILES string of the molecule is CC(C)(C)OOC(C)(C[N+](=O)[O-])c1ccccc1. The lowest BCUT2D eigenvalue weighted by Gasteiger charge is -2.29. The maximum Gasteiger partial charge on any atom is 0.239 e. The topological polar surface area (TPSA) is 61.6 Å². The van der Waals surface area contributed by atoms with Crippen molar-refractivity contribution in [3.05, 3.63) is 46.0 Å². The number of nitro groups is 1. The molecule has 1 aromatic rings. The van der Waals surface area contributed by atoms with Gasteiger partial charge < -0.3 is 0 Å². The summed E-state index contributed by atoms with van der Waals surface area (Å²) in [6.07, 6.45) is 0. The fraction of sp³-hybridized carbons (Fsp3) is 0.538. The van der Waals surface area contributed by atoms with Gasteiger partial charge in [0.15, 0.2) is 5.60 Å². The quantitative estimate of drug-likeness (QED) is 0.460. The molecule has 0 fully saturated rings. The molecule has 5 heteroatoms. The lowest BCUT2D eigenvalue weighted by molar-refractivity contribution is -0.531. The highest BCUT2D eigenvalue weighted by Gasteiger charge is 2.36. The molecule has 0 saturated heterocycles. The second-order valence-corrected chi connectivity index (χ2v) is 5.37. The normalized spacial score (nSPS) is 15.1. The fourth-order valence-electron chi connectivity index (χ4n) is 1.42. The summed E-state index contributed by atoms with van der Waals surface area (Å²) in [7, 11) is 0. The summed E-state index contributed by atoms with van der Waals surface area (Å²) in [5, 5.41) is 10.8. The third-order valence-electron chi connectivity index (χ3n) is 2.29. The van der Waals surface area contributed by atoms with Crippen LogP contribution in [-0.2, 0) is 15.4 Å². The Bertz CT molecular complexity index is 399. The molecule has 5 nitrogen and oxygen atoms in total. The van der Waals surface area contributed by atoms with Gasteiger partial charge in [-0.05, 0) is 33.3 Å². The molecular weight excluding hydrogens is 234 g/mol. The molecule has 0 aromatic heterocycles. The van der Waals surface area contributed by atoms with E-state index in [1.54, 1.807) is 19.1 Å². The fourth-order valence-corrected chi connectivity index (χ4v) is 1.42. The van der Waals surface area contributed by atoms with Crippen LogP contribution in [0.1, 0.15) is 33.3 Å². The molecule has 0 heterocycles. The summed E-state index contributed by atoms with van der Waals surface area (Å²) in [6.45, 7) is 6.77. The first-order valence-electron chi connectivity index (χ1n) is 5.77. The van der Waals surface area contributed by atoms with Gasteiger partial charge in [0.1, 0.15) is 0 Å². The van der Waals surface area contributed by atoms with E-state index in [0.717, 1.165) is 0 Å². The largest absolute Gasteiger partial charge is 0.264 e. The van der Waals surface area contributed by atoms with Crippen LogP contribution in [0.5, 0.6) is 0 Å². The van der Waals surface area contributed by atoms with E-state index in [1.807, 2.05) is 39.0 Å². The molecule has 0 spiro atoms. The molecule has 0 bridgehead atoms. The first-order valence-corrected chi connectivity index (χ1v) is 5.77. The number of rotatable bonds is 5. The van der Waals surface area contributed by atoms with Gasteiger partial charge in [0.05, 0.1) is 5.60 Å². The Labute approximate surface area is 107 Å². The van der Waals surface area contributed by atoms with Crippen LogP contribution in [0.4, 0.5) is 0 Å². The lowest BCUT2D eigenvalue weighted by Crippen LogP contribution is -2.37. The van der Waals surface area contributed by atoms with Crippen molar-refractivity contribution in [1.29, 1.82) is 0 Å². The molecule has 0 N–H and O–H groups in total. The minimum atomic E-state index is -1.10. The third-order valence-corrected chi connectivity index (χ3v) is 2.29. The number of nitrogens with zero attached hydrogens (tertiary/aromatic N) is 1. The average Bonchev–Trinajstić information content (AvgIpc) is 2.26. The van der Waals surface area contributed by atoms with Gasteiger partial charge in [0.2, 0.25) is 6.54 Å². The maximum atomic E-state index is 10.8. The zero-order valence-electron chi connectivity index (χ0n) is 11.2. The summed E-state index contributed by atoms with van der Waals surface area (Å²) < 4.78 is 0. The van der Waals surface area contributed by atoms with Crippen molar-refractivity contribution in [2.24, 2.45) is 0 Å². The van der Waals surface area contributed by atoms with E-state index >= 15 is 0 Å². The average molecular weight is 253 g/mol. The Morgan fingerprint density at radius 1 is 1.11 bits per heavy atom. The molecule has 0 radical (unpaired) electrons. The Morgan fingerprint density at radius 3 is 2.11 bits per heavy atom. The third kappa shape index (κ3) is 4.43. The highest BCUT2D eigenvalue weighted by molar-refractivity contribution is 5.21. The van der Waals surface area contributed by atoms with Crippen molar-refractivity contribution in [2.45, 2.75) is 38.9 Å². The second-order valence-electron chi connectivity index (χ2n) is 5.37. The van der Waals surface area contributed by atoms with Gasteiger partial charge >= 0.3 is 0 Å². The van der Waals surface area contributed by atoms with E-state index in [1.165, 1.54) is 0 Å². The molecule has 100 valence electrons.